The first-order valence-corrected chi connectivity index (χ1v) is 12.8. The summed E-state index contributed by atoms with van der Waals surface area (Å²) in [5.74, 6) is -10.3. The van der Waals surface area contributed by atoms with Crippen molar-refractivity contribution in [2.45, 2.75) is 19.0 Å². The number of thiazole rings is 1. The molecule has 0 N–H and O–H groups in total. The standard InChI is InChI=1S/C30H17F8NOS/c1-2-3-4-15-5-8-25-26(9-15)41-29(39-25)17-12-21(32)27(22(33)13-17)30(37,38)40-18-6-7-19(20(31)14-18)16-10-23(34)28(36)24(35)11-16/h2,5-14H,1,3-4H2. The highest BCUT2D eigenvalue weighted by molar-refractivity contribution is 7.21. The van der Waals surface area contributed by atoms with Gasteiger partial charge in [0.1, 0.15) is 33.8 Å². The number of allylic oxidation sites excluding steroid dienone is 1. The third-order valence-corrected chi connectivity index (χ3v) is 7.22. The van der Waals surface area contributed by atoms with Crippen LogP contribution in [0, 0.1) is 34.9 Å². The maximum Gasteiger partial charge on any atom is 0.432 e. The predicted molar refractivity (Wildman–Crippen MR) is 140 cm³/mol. The van der Waals surface area contributed by atoms with Crippen molar-refractivity contribution >= 4 is 21.6 Å². The number of rotatable bonds is 8. The Balaban J connectivity index is 1.41. The molecule has 0 fully saturated rings. The fourth-order valence-corrected chi connectivity index (χ4v) is 5.21. The van der Waals surface area contributed by atoms with Gasteiger partial charge >= 0.3 is 6.11 Å². The molecule has 0 radical (unpaired) electrons. The van der Waals surface area contributed by atoms with Crippen LogP contribution in [0.5, 0.6) is 5.75 Å². The number of aromatic nitrogens is 1. The zero-order valence-electron chi connectivity index (χ0n) is 20.8. The molecule has 1 aromatic heterocycles. The molecule has 0 atom stereocenters. The minimum Gasteiger partial charge on any atom is -0.429 e. The Morgan fingerprint density at radius 1 is 0.780 bits per heavy atom. The molecule has 0 spiro atoms. The smallest absolute Gasteiger partial charge is 0.429 e. The molecule has 5 rings (SSSR count). The molecule has 4 aromatic carbocycles. The van der Waals surface area contributed by atoms with Gasteiger partial charge in [0.25, 0.3) is 0 Å². The van der Waals surface area contributed by atoms with Gasteiger partial charge in [0.2, 0.25) is 0 Å². The Morgan fingerprint density at radius 3 is 2.07 bits per heavy atom. The van der Waals surface area contributed by atoms with Crippen molar-refractivity contribution in [1.82, 2.24) is 4.98 Å². The van der Waals surface area contributed by atoms with E-state index in [1.807, 2.05) is 12.1 Å². The third kappa shape index (κ3) is 5.67. The molecule has 0 amide bonds. The van der Waals surface area contributed by atoms with Crippen molar-refractivity contribution in [1.29, 1.82) is 0 Å². The Morgan fingerprint density at radius 2 is 1.44 bits per heavy atom. The lowest BCUT2D eigenvalue weighted by molar-refractivity contribution is -0.189. The molecule has 11 heteroatoms. The van der Waals surface area contributed by atoms with Crippen LogP contribution >= 0.6 is 11.3 Å². The number of alkyl halides is 2. The van der Waals surface area contributed by atoms with E-state index in [0.717, 1.165) is 46.6 Å². The fourth-order valence-electron chi connectivity index (χ4n) is 4.19. The largest absolute Gasteiger partial charge is 0.432 e. The molecule has 5 aromatic rings. The van der Waals surface area contributed by atoms with Crippen LogP contribution in [0.4, 0.5) is 35.1 Å². The number of halogens is 8. The van der Waals surface area contributed by atoms with E-state index in [2.05, 4.69) is 16.3 Å². The first-order chi connectivity index (χ1) is 19.5. The van der Waals surface area contributed by atoms with Crippen LogP contribution in [0.1, 0.15) is 17.5 Å². The highest BCUT2D eigenvalue weighted by Gasteiger charge is 2.41. The summed E-state index contributed by atoms with van der Waals surface area (Å²) in [5, 5.41) is 0.209. The molecule has 2 nitrogen and oxygen atoms in total. The van der Waals surface area contributed by atoms with Crippen molar-refractivity contribution in [2.24, 2.45) is 0 Å². The normalized spacial score (nSPS) is 11.7. The van der Waals surface area contributed by atoms with Crippen LogP contribution in [0.25, 0.3) is 31.9 Å². The SMILES string of the molecule is C=CCCc1ccc2nc(-c3cc(F)c(C(F)(F)Oc4ccc(-c5cc(F)c(F)c(F)c5)c(F)c4)c(F)c3)sc2c1. The second-order valence-electron chi connectivity index (χ2n) is 8.98. The molecule has 0 aliphatic rings. The quantitative estimate of drug-likeness (QED) is 0.102. The van der Waals surface area contributed by atoms with Gasteiger partial charge in [0, 0.05) is 17.2 Å². The van der Waals surface area contributed by atoms with Crippen LogP contribution in [0.15, 0.2) is 73.3 Å². The number of fused-ring (bicyclic) bond motifs is 1. The third-order valence-electron chi connectivity index (χ3n) is 6.15. The lowest BCUT2D eigenvalue weighted by Gasteiger charge is -2.20. The van der Waals surface area contributed by atoms with E-state index in [9.17, 15) is 35.1 Å². The highest BCUT2D eigenvalue weighted by atomic mass is 32.1. The Kier molecular flexibility index (Phi) is 7.56. The molecule has 0 bridgehead atoms. The van der Waals surface area contributed by atoms with E-state index in [1.165, 1.54) is 0 Å². The number of aryl methyl sites for hydroxylation is 1. The van der Waals surface area contributed by atoms with Crippen molar-refractivity contribution in [3.8, 4) is 27.4 Å². The number of hydrogen-bond acceptors (Lipinski definition) is 3. The van der Waals surface area contributed by atoms with Crippen molar-refractivity contribution in [2.75, 3.05) is 0 Å². The summed E-state index contributed by atoms with van der Waals surface area (Å²) < 4.78 is 120. The monoisotopic (exact) mass is 591 g/mol. The summed E-state index contributed by atoms with van der Waals surface area (Å²) in [6.07, 6.45) is -1.30. The Labute approximate surface area is 232 Å². The van der Waals surface area contributed by atoms with Gasteiger partial charge in [-0.05, 0) is 72.5 Å². The molecular formula is C30H17F8NOS. The van der Waals surface area contributed by atoms with E-state index in [1.54, 1.807) is 12.1 Å². The van der Waals surface area contributed by atoms with Crippen LogP contribution < -0.4 is 4.74 Å². The average molecular weight is 592 g/mol. The number of nitrogens with zero attached hydrogens (tertiary/aromatic N) is 1. The zero-order valence-corrected chi connectivity index (χ0v) is 21.6. The van der Waals surface area contributed by atoms with E-state index in [4.69, 9.17) is 0 Å². The highest BCUT2D eigenvalue weighted by Crippen LogP contribution is 2.39. The van der Waals surface area contributed by atoms with Gasteiger partial charge in [-0.3, -0.25) is 0 Å². The predicted octanol–water partition coefficient (Wildman–Crippen LogP) is 9.71. The van der Waals surface area contributed by atoms with Crippen LogP contribution in [0.3, 0.4) is 0 Å². The summed E-state index contributed by atoms with van der Waals surface area (Å²) in [5.41, 5.74) is -1.05. The fraction of sp³-hybridized carbons (Fsp3) is 0.100. The van der Waals surface area contributed by atoms with Crippen LogP contribution in [-0.2, 0) is 12.5 Å². The molecule has 0 aliphatic heterocycles. The van der Waals surface area contributed by atoms with E-state index >= 15 is 0 Å². The van der Waals surface area contributed by atoms with Crippen molar-refractivity contribution in [3.05, 3.63) is 119 Å². The lowest BCUT2D eigenvalue weighted by Crippen LogP contribution is -2.25. The lowest BCUT2D eigenvalue weighted by atomic mass is 10.0. The van der Waals surface area contributed by atoms with Gasteiger partial charge in [0.05, 0.1) is 10.2 Å². The van der Waals surface area contributed by atoms with Gasteiger partial charge in [-0.25, -0.2) is 31.3 Å². The summed E-state index contributed by atoms with van der Waals surface area (Å²) in [7, 11) is 0. The maximum absolute atomic E-state index is 14.9. The molecule has 210 valence electrons. The molecule has 0 saturated heterocycles. The van der Waals surface area contributed by atoms with Gasteiger partial charge in [-0.15, -0.1) is 17.9 Å². The topological polar surface area (TPSA) is 22.1 Å². The molecule has 0 unspecified atom stereocenters. The van der Waals surface area contributed by atoms with Gasteiger partial charge in [-0.1, -0.05) is 12.1 Å². The average Bonchev–Trinajstić information content (AvgIpc) is 3.33. The van der Waals surface area contributed by atoms with Crippen molar-refractivity contribution in [3.63, 3.8) is 0 Å². The Hall–Kier alpha value is -4.25. The van der Waals surface area contributed by atoms with Gasteiger partial charge in [-0.2, -0.15) is 8.78 Å². The minimum absolute atomic E-state index is 0.0671. The molecule has 0 saturated carbocycles. The molecule has 41 heavy (non-hydrogen) atoms. The molecule has 0 aliphatic carbocycles. The first-order valence-electron chi connectivity index (χ1n) is 12.0. The van der Waals surface area contributed by atoms with E-state index in [0.29, 0.717) is 35.8 Å². The molecular weight excluding hydrogens is 574 g/mol. The van der Waals surface area contributed by atoms with Gasteiger partial charge in [0.15, 0.2) is 17.5 Å². The van der Waals surface area contributed by atoms with Crippen LogP contribution in [0.2, 0.25) is 0 Å². The summed E-state index contributed by atoms with van der Waals surface area (Å²) in [6.45, 7) is 3.68. The number of benzene rings is 4. The first kappa shape index (κ1) is 28.3. The minimum atomic E-state index is -4.58. The summed E-state index contributed by atoms with van der Waals surface area (Å²) in [6, 6.07) is 10.0. The van der Waals surface area contributed by atoms with E-state index in [-0.39, 0.29) is 10.6 Å². The van der Waals surface area contributed by atoms with Gasteiger partial charge < -0.3 is 4.74 Å². The Bertz CT molecular complexity index is 1750. The summed E-state index contributed by atoms with van der Waals surface area (Å²) >= 11 is 1.14. The zero-order chi connectivity index (χ0) is 29.5. The summed E-state index contributed by atoms with van der Waals surface area (Å²) in [4.78, 5) is 4.34. The maximum atomic E-state index is 14.9. The van der Waals surface area contributed by atoms with Crippen LogP contribution in [-0.4, -0.2) is 4.98 Å². The number of ether oxygens (including phenoxy) is 1. The second kappa shape index (κ2) is 11.0. The van der Waals surface area contributed by atoms with Crippen molar-refractivity contribution < 1.29 is 39.9 Å². The second-order valence-corrected chi connectivity index (χ2v) is 10.0. The molecule has 1 heterocycles. The number of hydrogen-bond donors (Lipinski definition) is 0. The van der Waals surface area contributed by atoms with E-state index < -0.39 is 63.5 Å².